The lowest BCUT2D eigenvalue weighted by atomic mass is 10.2. The number of aliphatic hydroxyl groups is 1. The fourth-order valence-corrected chi connectivity index (χ4v) is 5.94. The zero-order chi connectivity index (χ0) is 53.9. The second kappa shape index (κ2) is 43.0. The van der Waals surface area contributed by atoms with Gasteiger partial charge in [-0.2, -0.15) is 0 Å². The predicted octanol–water partition coefficient (Wildman–Crippen LogP) is 13.1. The first kappa shape index (κ1) is 67.3. The highest BCUT2D eigenvalue weighted by Crippen LogP contribution is 2.16. The highest BCUT2D eigenvalue weighted by atomic mass is 16.5. The molecule has 0 saturated carbocycles. The molecule has 0 aliphatic carbocycles. The van der Waals surface area contributed by atoms with Crippen LogP contribution in [0.4, 0.5) is 0 Å². The van der Waals surface area contributed by atoms with Crippen molar-refractivity contribution >= 4 is 50.5 Å². The minimum absolute atomic E-state index is 0. The summed E-state index contributed by atoms with van der Waals surface area (Å²) in [6.45, 7) is 13.7. The van der Waals surface area contributed by atoms with Gasteiger partial charge in [0.25, 0.3) is 11.8 Å². The molecule has 0 atom stereocenters. The molecule has 0 bridgehead atoms. The number of rotatable bonds is 8. The Bertz CT molecular complexity index is 2510. The number of carbonyl (C=O) groups excluding carboxylic acids is 2. The van der Waals surface area contributed by atoms with Gasteiger partial charge in [0.2, 0.25) is 0 Å². The van der Waals surface area contributed by atoms with Gasteiger partial charge in [0.15, 0.2) is 0 Å². The number of nitrogens with two attached hydrogens (primary N) is 1. The number of hydrogen-bond acceptors (Lipinski definition) is 7. The number of carboxylic acid groups (broad SMARTS) is 1. The molecule has 3 heterocycles. The average Bonchev–Trinajstić information content (AvgIpc) is 4.22. The summed E-state index contributed by atoms with van der Waals surface area (Å²) in [7, 11) is 7.50. The van der Waals surface area contributed by atoms with Gasteiger partial charge in [0.1, 0.15) is 17.1 Å². The lowest BCUT2D eigenvalue weighted by Gasteiger charge is -2.03. The van der Waals surface area contributed by atoms with Crippen LogP contribution in [0, 0.1) is 0 Å². The number of aromatic nitrogens is 3. The maximum absolute atomic E-state index is 12.0. The fraction of sp³-hybridized carbons (Fsp3) is 0.250. The van der Waals surface area contributed by atoms with Gasteiger partial charge in [-0.3, -0.25) is 9.59 Å². The molecule has 0 unspecified atom stereocenters. The minimum Gasteiger partial charge on any atom is -0.477 e. The summed E-state index contributed by atoms with van der Waals surface area (Å²) in [6, 6.07) is 58.3. The van der Waals surface area contributed by atoms with Crippen molar-refractivity contribution in [2.75, 3.05) is 35.5 Å². The highest BCUT2D eigenvalue weighted by molar-refractivity contribution is 5.99. The second-order valence-corrected chi connectivity index (χ2v) is 14.0. The van der Waals surface area contributed by atoms with Crippen LogP contribution in [-0.2, 0) is 29.1 Å². The molecule has 73 heavy (non-hydrogen) atoms. The van der Waals surface area contributed by atoms with Crippen molar-refractivity contribution in [3.63, 3.8) is 0 Å². The van der Waals surface area contributed by atoms with Crippen LogP contribution in [0.25, 0.3) is 32.7 Å². The number of methoxy groups -OCH3 is 2. The topological polar surface area (TPSA) is 208 Å². The molecule has 0 radical (unpaired) electrons. The summed E-state index contributed by atoms with van der Waals surface area (Å²) < 4.78 is 8.50. The molecule has 13 nitrogen and oxygen atoms in total. The van der Waals surface area contributed by atoms with E-state index in [4.69, 9.17) is 15.9 Å². The third-order valence-corrected chi connectivity index (χ3v) is 8.98. The van der Waals surface area contributed by atoms with Gasteiger partial charge in [-0.15, -0.1) is 0 Å². The van der Waals surface area contributed by atoms with Crippen LogP contribution in [0.1, 0.15) is 97.1 Å². The van der Waals surface area contributed by atoms with E-state index in [9.17, 15) is 14.4 Å². The van der Waals surface area contributed by atoms with Crippen LogP contribution in [0.3, 0.4) is 0 Å². The first-order chi connectivity index (χ1) is 35.2. The number of H-pyrrole nitrogens is 3. The van der Waals surface area contributed by atoms with E-state index < -0.39 is 5.97 Å². The third-order valence-electron chi connectivity index (χ3n) is 8.98. The van der Waals surface area contributed by atoms with Crippen molar-refractivity contribution in [2.45, 2.75) is 68.6 Å². The van der Waals surface area contributed by atoms with E-state index in [2.05, 4.69) is 35.1 Å². The Kier molecular flexibility index (Phi) is 39.6. The summed E-state index contributed by atoms with van der Waals surface area (Å²) in [4.78, 5) is 43.7. The van der Waals surface area contributed by atoms with Gasteiger partial charge in [0.05, 0.1) is 0 Å². The average molecular weight is 999 g/mol. The number of carboxylic acids is 1. The van der Waals surface area contributed by atoms with Gasteiger partial charge in [-0.25, -0.2) is 4.79 Å². The van der Waals surface area contributed by atoms with Crippen molar-refractivity contribution in [3.8, 4) is 0 Å². The zero-order valence-electron chi connectivity index (χ0n) is 44.0. The predicted molar refractivity (Wildman–Crippen MR) is 306 cm³/mol. The first-order valence-corrected chi connectivity index (χ1v) is 23.8. The number of hydrogen-bond donors (Lipinski definition) is 8. The van der Waals surface area contributed by atoms with E-state index in [1.54, 1.807) is 34.5 Å². The lowest BCUT2D eigenvalue weighted by molar-refractivity contribution is 0.0691. The smallest absolute Gasteiger partial charge is 0.352 e. The van der Waals surface area contributed by atoms with Gasteiger partial charge in [-0.05, 0) is 53.1 Å². The lowest BCUT2D eigenvalue weighted by Crippen LogP contribution is -2.22. The quantitative estimate of drug-likeness (QED) is 0.0733. The van der Waals surface area contributed by atoms with Crippen molar-refractivity contribution in [3.05, 3.63) is 216 Å². The summed E-state index contributed by atoms with van der Waals surface area (Å²) in [6.07, 6.45) is 0. The number of ether oxygens (including phenoxy) is 2. The van der Waals surface area contributed by atoms with Crippen molar-refractivity contribution < 1.29 is 34.1 Å². The maximum Gasteiger partial charge on any atom is 0.352 e. The molecular weight excluding hydrogens is 917 g/mol. The number of amides is 2. The van der Waals surface area contributed by atoms with Gasteiger partial charge in [-0.1, -0.05) is 195 Å². The molecule has 394 valence electrons. The minimum atomic E-state index is -0.925. The number of benzene rings is 6. The zero-order valence-corrected chi connectivity index (χ0v) is 44.0. The molecule has 0 aliphatic rings. The van der Waals surface area contributed by atoms with E-state index in [0.717, 1.165) is 50.9 Å². The van der Waals surface area contributed by atoms with Crippen LogP contribution in [0.15, 0.2) is 182 Å². The van der Waals surface area contributed by atoms with Crippen LogP contribution in [-0.4, -0.2) is 78.5 Å². The number of aliphatic hydroxyl groups excluding tert-OH is 1. The summed E-state index contributed by atoms with van der Waals surface area (Å²) in [5.41, 5.74) is 13.0. The Labute approximate surface area is 434 Å². The Hall–Kier alpha value is -7.81. The normalized spacial score (nSPS) is 9.00. The van der Waals surface area contributed by atoms with Gasteiger partial charge < -0.3 is 51.0 Å². The van der Waals surface area contributed by atoms with Crippen molar-refractivity contribution in [1.82, 2.24) is 25.6 Å². The van der Waals surface area contributed by atoms with E-state index in [1.165, 1.54) is 5.56 Å². The molecule has 3 aromatic heterocycles. The van der Waals surface area contributed by atoms with Crippen LogP contribution in [0.2, 0.25) is 0 Å². The molecule has 13 heteroatoms. The van der Waals surface area contributed by atoms with Crippen LogP contribution >= 0.6 is 0 Å². The highest BCUT2D eigenvalue weighted by Gasteiger charge is 2.10. The molecular formula is C60H82N6O7. The van der Waals surface area contributed by atoms with E-state index in [1.807, 2.05) is 217 Å². The van der Waals surface area contributed by atoms with Crippen LogP contribution in [0.5, 0.6) is 0 Å². The van der Waals surface area contributed by atoms with Crippen molar-refractivity contribution in [1.29, 1.82) is 0 Å². The molecule has 0 spiro atoms. The number of fused-ring (bicyclic) bond motifs is 3. The number of para-hydroxylation sites is 3. The Balaban J connectivity index is 0. The van der Waals surface area contributed by atoms with Gasteiger partial charge in [0, 0.05) is 87.9 Å². The Morgan fingerprint density at radius 2 is 0.685 bits per heavy atom. The monoisotopic (exact) mass is 999 g/mol. The summed E-state index contributed by atoms with van der Waals surface area (Å²) >= 11 is 0. The molecule has 0 aliphatic heterocycles. The van der Waals surface area contributed by atoms with E-state index in [-0.39, 0.29) is 24.9 Å². The molecule has 9 aromatic rings. The molecule has 0 saturated heterocycles. The summed E-state index contributed by atoms with van der Waals surface area (Å²) in [5.74, 6) is -1.09. The number of aromatic carboxylic acids is 1. The van der Waals surface area contributed by atoms with Gasteiger partial charge >= 0.3 is 5.97 Å². The molecule has 6 aromatic carbocycles. The third kappa shape index (κ3) is 26.3. The maximum atomic E-state index is 12.0. The molecule has 2 amide bonds. The molecule has 0 fully saturated rings. The molecule has 9 rings (SSSR count). The van der Waals surface area contributed by atoms with E-state index in [0.29, 0.717) is 31.0 Å². The first-order valence-electron chi connectivity index (χ1n) is 23.8. The number of carbonyl (C=O) groups is 3. The van der Waals surface area contributed by atoms with Crippen molar-refractivity contribution in [2.24, 2.45) is 5.73 Å². The summed E-state index contributed by atoms with van der Waals surface area (Å²) in [5, 5.41) is 24.5. The largest absolute Gasteiger partial charge is 0.477 e. The fourth-order valence-electron chi connectivity index (χ4n) is 5.94. The standard InChI is InChI=1S/2C16H14N2O.C9H7NO2.C7H9N.2C2H6O.3C2H6.CH4O.CH4/c2*19-16(17-11-12-6-2-1-3-7-12)15-10-13-8-4-5-9-14(13)18-15;11-9(12)8-5-6-3-1-2-4-7(6)10-8;8-6-7-4-2-1-3-5-7;2*1-3-2;4*1-2;/h2*1-10,18H,11H2,(H,17,19);1-5,10H,(H,11,12);1-5H,6,8H2;2*1-2H3;3*1-2H3;2H,1H3;1H4. The second-order valence-electron chi connectivity index (χ2n) is 14.0. The Morgan fingerprint density at radius 1 is 0.438 bits per heavy atom. The number of nitrogens with one attached hydrogen (secondary N) is 5. The Morgan fingerprint density at radius 3 is 0.945 bits per heavy atom. The SMILES string of the molecule is C.CC.CC.CC.CO.COC.COC.NCc1ccccc1.O=C(NCc1ccccc1)c1cc2ccccc2[nH]1.O=C(NCc1ccccc1)c1cc2ccccc2[nH]1.O=C(O)c1cc2ccccc2[nH]1. The number of aromatic amines is 3. The molecule has 9 N–H and O–H groups in total. The van der Waals surface area contributed by atoms with Crippen LogP contribution < -0.4 is 16.4 Å². The van der Waals surface area contributed by atoms with E-state index >= 15 is 0 Å².